The monoisotopic (exact) mass is 446 g/mol. The first-order chi connectivity index (χ1) is 16.0. The van der Waals surface area contributed by atoms with E-state index in [4.69, 9.17) is 9.57 Å². The third-order valence-electron chi connectivity index (χ3n) is 5.48. The van der Waals surface area contributed by atoms with Crippen LogP contribution in [0.15, 0.2) is 84.0 Å². The van der Waals surface area contributed by atoms with Crippen molar-refractivity contribution in [2.45, 2.75) is 20.5 Å². The van der Waals surface area contributed by atoms with E-state index in [1.165, 1.54) is 18.2 Å². The summed E-state index contributed by atoms with van der Waals surface area (Å²) >= 11 is 0. The van der Waals surface area contributed by atoms with Gasteiger partial charge in [0.25, 0.3) is 0 Å². The number of halogens is 2. The Morgan fingerprint density at radius 2 is 1.64 bits per heavy atom. The molecule has 0 fully saturated rings. The van der Waals surface area contributed by atoms with Crippen LogP contribution >= 0.6 is 0 Å². The van der Waals surface area contributed by atoms with E-state index in [9.17, 15) is 8.78 Å². The molecule has 0 spiro atoms. The lowest BCUT2D eigenvalue weighted by atomic mass is 10.1. The highest BCUT2D eigenvalue weighted by atomic mass is 19.1. The summed E-state index contributed by atoms with van der Waals surface area (Å²) in [6, 6.07) is 22.2. The molecule has 0 saturated carbocycles. The summed E-state index contributed by atoms with van der Waals surface area (Å²) < 4.78 is 35.4. The van der Waals surface area contributed by atoms with Crippen LogP contribution in [-0.2, 0) is 11.4 Å². The second kappa shape index (κ2) is 9.69. The quantitative estimate of drug-likeness (QED) is 0.234. The molecule has 0 aliphatic rings. The van der Waals surface area contributed by atoms with Crippen LogP contribution in [-0.4, -0.2) is 17.4 Å². The molecular formula is C27H24F2N2O2. The average Bonchev–Trinajstić information content (AvgIpc) is 3.17. The molecule has 1 aromatic heterocycles. The van der Waals surface area contributed by atoms with Gasteiger partial charge in [-0.05, 0) is 67.9 Å². The molecule has 6 heteroatoms. The fourth-order valence-electron chi connectivity index (χ4n) is 3.82. The molecule has 4 aromatic rings. The van der Waals surface area contributed by atoms with Crippen LogP contribution in [0.3, 0.4) is 0 Å². The van der Waals surface area contributed by atoms with E-state index < -0.39 is 0 Å². The van der Waals surface area contributed by atoms with E-state index in [1.54, 1.807) is 37.4 Å². The molecule has 0 N–H and O–H groups in total. The second-order valence-electron chi connectivity index (χ2n) is 7.58. The predicted octanol–water partition coefficient (Wildman–Crippen LogP) is 6.68. The molecule has 0 bridgehead atoms. The van der Waals surface area contributed by atoms with Crippen LogP contribution in [0.5, 0.6) is 5.75 Å². The largest absolute Gasteiger partial charge is 0.496 e. The molecule has 4 rings (SSSR count). The van der Waals surface area contributed by atoms with Gasteiger partial charge in [-0.15, -0.1) is 0 Å². The SMILES string of the molecule is COc1ccccc1CO/N=C(/C)c1cc(-c2ccc(F)cc2)n(-c2ccccc2F)c1C. The van der Waals surface area contributed by atoms with Crippen LogP contribution in [0.4, 0.5) is 8.78 Å². The number of ether oxygens (including phenoxy) is 1. The van der Waals surface area contributed by atoms with Crippen molar-refractivity contribution in [3.05, 3.63) is 107 Å². The fraction of sp³-hybridized carbons (Fsp3) is 0.148. The van der Waals surface area contributed by atoms with Crippen molar-refractivity contribution in [3.8, 4) is 22.7 Å². The molecular weight excluding hydrogens is 422 g/mol. The number of rotatable bonds is 7. The van der Waals surface area contributed by atoms with Gasteiger partial charge in [-0.25, -0.2) is 8.78 Å². The van der Waals surface area contributed by atoms with E-state index in [1.807, 2.05) is 48.7 Å². The number of nitrogens with zero attached hydrogens (tertiary/aromatic N) is 2. The Morgan fingerprint density at radius 3 is 2.36 bits per heavy atom. The summed E-state index contributed by atoms with van der Waals surface area (Å²) in [5, 5.41) is 4.30. The van der Waals surface area contributed by atoms with E-state index in [0.717, 1.165) is 33.8 Å². The Hall–Kier alpha value is -3.93. The standard InChI is InChI=1S/C27H24F2N2O2/c1-18(30-33-17-21-8-4-7-11-27(21)32-3)23-16-26(20-12-14-22(28)15-13-20)31(19(23)2)25-10-6-5-9-24(25)29/h4-16H,17H2,1-3H3/b30-18-. The van der Waals surface area contributed by atoms with Crippen LogP contribution in [0.1, 0.15) is 23.7 Å². The van der Waals surface area contributed by atoms with Crippen LogP contribution in [0.25, 0.3) is 16.9 Å². The summed E-state index contributed by atoms with van der Waals surface area (Å²) in [7, 11) is 1.61. The minimum Gasteiger partial charge on any atom is -0.496 e. The Bertz CT molecular complexity index is 1290. The summed E-state index contributed by atoms with van der Waals surface area (Å²) in [5.41, 5.74) is 5.01. The minimum atomic E-state index is -0.354. The first-order valence-corrected chi connectivity index (χ1v) is 10.5. The Morgan fingerprint density at radius 1 is 0.939 bits per heavy atom. The maximum Gasteiger partial charge on any atom is 0.147 e. The smallest absolute Gasteiger partial charge is 0.147 e. The minimum absolute atomic E-state index is 0.249. The number of benzene rings is 3. The molecule has 168 valence electrons. The number of hydrogen-bond acceptors (Lipinski definition) is 3. The molecule has 0 amide bonds. The van der Waals surface area contributed by atoms with Crippen molar-refractivity contribution >= 4 is 5.71 Å². The predicted molar refractivity (Wildman–Crippen MR) is 126 cm³/mol. The normalized spacial score (nSPS) is 11.5. The van der Waals surface area contributed by atoms with E-state index in [0.29, 0.717) is 11.4 Å². The van der Waals surface area contributed by atoms with Gasteiger partial charge in [0.05, 0.1) is 24.2 Å². The molecule has 0 aliphatic heterocycles. The van der Waals surface area contributed by atoms with Crippen molar-refractivity contribution in [2.24, 2.45) is 5.16 Å². The van der Waals surface area contributed by atoms with Gasteiger partial charge in [0, 0.05) is 16.8 Å². The Balaban J connectivity index is 1.72. The Labute approximate surface area is 191 Å². The van der Waals surface area contributed by atoms with Crippen LogP contribution in [0.2, 0.25) is 0 Å². The van der Waals surface area contributed by atoms with Crippen molar-refractivity contribution in [1.29, 1.82) is 0 Å². The third kappa shape index (κ3) is 4.65. The van der Waals surface area contributed by atoms with Gasteiger partial charge in [-0.2, -0.15) is 0 Å². The highest BCUT2D eigenvalue weighted by Crippen LogP contribution is 2.31. The van der Waals surface area contributed by atoms with Crippen molar-refractivity contribution < 1.29 is 18.4 Å². The molecule has 1 heterocycles. The number of para-hydroxylation sites is 2. The first kappa shape index (κ1) is 22.3. The Kier molecular flexibility index (Phi) is 6.54. The van der Waals surface area contributed by atoms with Crippen molar-refractivity contribution in [2.75, 3.05) is 7.11 Å². The highest BCUT2D eigenvalue weighted by molar-refractivity contribution is 6.01. The average molecular weight is 446 g/mol. The van der Waals surface area contributed by atoms with Gasteiger partial charge in [-0.1, -0.05) is 35.5 Å². The molecule has 0 aliphatic carbocycles. The summed E-state index contributed by atoms with van der Waals surface area (Å²) in [6.45, 7) is 3.98. The highest BCUT2D eigenvalue weighted by Gasteiger charge is 2.19. The summed E-state index contributed by atoms with van der Waals surface area (Å²) in [4.78, 5) is 5.61. The molecule has 0 atom stereocenters. The maximum absolute atomic E-state index is 14.7. The number of oxime groups is 1. The number of methoxy groups -OCH3 is 1. The molecule has 0 unspecified atom stereocenters. The molecule has 4 nitrogen and oxygen atoms in total. The molecule has 33 heavy (non-hydrogen) atoms. The van der Waals surface area contributed by atoms with Gasteiger partial charge < -0.3 is 14.1 Å². The van der Waals surface area contributed by atoms with Crippen LogP contribution in [0, 0.1) is 18.6 Å². The summed E-state index contributed by atoms with van der Waals surface area (Å²) in [6.07, 6.45) is 0. The summed E-state index contributed by atoms with van der Waals surface area (Å²) in [5.74, 6) is 0.0427. The van der Waals surface area contributed by atoms with Gasteiger partial charge in [0.15, 0.2) is 0 Å². The van der Waals surface area contributed by atoms with Gasteiger partial charge >= 0.3 is 0 Å². The van der Waals surface area contributed by atoms with Gasteiger partial charge in [0.1, 0.15) is 24.0 Å². The number of hydrogen-bond donors (Lipinski definition) is 0. The molecule has 3 aromatic carbocycles. The van der Waals surface area contributed by atoms with Crippen molar-refractivity contribution in [3.63, 3.8) is 0 Å². The van der Waals surface area contributed by atoms with E-state index in [2.05, 4.69) is 5.16 Å². The lowest BCUT2D eigenvalue weighted by molar-refractivity contribution is 0.128. The van der Waals surface area contributed by atoms with Gasteiger partial charge in [0.2, 0.25) is 0 Å². The van der Waals surface area contributed by atoms with E-state index >= 15 is 0 Å². The number of aromatic nitrogens is 1. The van der Waals surface area contributed by atoms with Gasteiger partial charge in [-0.3, -0.25) is 0 Å². The molecule has 0 radical (unpaired) electrons. The van der Waals surface area contributed by atoms with E-state index in [-0.39, 0.29) is 18.2 Å². The van der Waals surface area contributed by atoms with Crippen molar-refractivity contribution in [1.82, 2.24) is 4.57 Å². The molecule has 0 saturated heterocycles. The van der Waals surface area contributed by atoms with Crippen LogP contribution < -0.4 is 4.74 Å². The maximum atomic E-state index is 14.7. The zero-order chi connectivity index (χ0) is 23.4. The topological polar surface area (TPSA) is 35.8 Å². The second-order valence-corrected chi connectivity index (χ2v) is 7.58. The zero-order valence-electron chi connectivity index (χ0n) is 18.7. The fourth-order valence-corrected chi connectivity index (χ4v) is 3.82. The third-order valence-corrected chi connectivity index (χ3v) is 5.48. The first-order valence-electron chi connectivity index (χ1n) is 10.5. The lowest BCUT2D eigenvalue weighted by Crippen LogP contribution is -2.04. The lowest BCUT2D eigenvalue weighted by Gasteiger charge is -2.13. The zero-order valence-corrected chi connectivity index (χ0v) is 18.7.